The molecule has 0 saturated carbocycles. The van der Waals surface area contributed by atoms with E-state index in [1.54, 1.807) is 19.2 Å². The van der Waals surface area contributed by atoms with E-state index in [4.69, 9.17) is 23.7 Å². The van der Waals surface area contributed by atoms with Crippen LogP contribution < -0.4 is 47.8 Å². The summed E-state index contributed by atoms with van der Waals surface area (Å²) in [5.74, 6) is 2.86. The van der Waals surface area contributed by atoms with Gasteiger partial charge in [-0.2, -0.15) is 0 Å². The second-order valence-electron chi connectivity index (χ2n) is 7.63. The first-order valence-electron chi connectivity index (χ1n) is 11.6. The minimum atomic E-state index is -0.159. The van der Waals surface area contributed by atoms with Gasteiger partial charge >= 0.3 is 18.9 Å². The summed E-state index contributed by atoms with van der Waals surface area (Å²) in [5, 5.41) is 0.831. The number of ether oxygens (including phenoxy) is 5. The molecule has 2 aromatic rings. The van der Waals surface area contributed by atoms with Crippen LogP contribution in [0.4, 0.5) is 0 Å². The predicted molar refractivity (Wildman–Crippen MR) is 136 cm³/mol. The molecule has 2 rings (SSSR count). The molecule has 0 aliphatic carbocycles. The van der Waals surface area contributed by atoms with Crippen LogP contribution in [0.5, 0.6) is 28.7 Å². The fourth-order valence-electron chi connectivity index (χ4n) is 3.31. The van der Waals surface area contributed by atoms with E-state index in [2.05, 4.69) is 13.8 Å². The van der Waals surface area contributed by atoms with Crippen molar-refractivity contribution in [2.45, 2.75) is 52.4 Å². The van der Waals surface area contributed by atoms with Crippen LogP contribution in [0.2, 0.25) is 0 Å². The third-order valence-corrected chi connectivity index (χ3v) is 6.32. The van der Waals surface area contributed by atoms with Crippen LogP contribution in [0.1, 0.15) is 64.2 Å². The normalized spacial score (nSPS) is 10.6. The molecule has 6 nitrogen and oxygen atoms in total. The fraction of sp³-hybridized carbons (Fsp3) is 0.500. The van der Waals surface area contributed by atoms with Crippen molar-refractivity contribution in [1.82, 2.24) is 0 Å². The molecule has 0 N–H and O–H groups in total. The van der Waals surface area contributed by atoms with Gasteiger partial charge in [-0.05, 0) is 33.6 Å². The quantitative estimate of drug-likeness (QED) is 0.207. The van der Waals surface area contributed by atoms with Crippen molar-refractivity contribution in [2.75, 3.05) is 34.5 Å². The SMILES string of the molecule is CCCCCOc1ccc(PC(=O)c2c(OC)cc(OC)cc2OC)c(OCCCCC)c1.[H-].[Li+]. The van der Waals surface area contributed by atoms with Crippen molar-refractivity contribution in [3.05, 3.63) is 35.9 Å². The summed E-state index contributed by atoms with van der Waals surface area (Å²) in [4.78, 5) is 13.4. The zero-order valence-electron chi connectivity index (χ0n) is 22.5. The van der Waals surface area contributed by atoms with Crippen molar-refractivity contribution in [2.24, 2.45) is 0 Å². The van der Waals surface area contributed by atoms with Gasteiger partial charge in [0.25, 0.3) is 0 Å². The standard InChI is InChI=1S/C26H37O6P.Li.H/c1-6-8-10-14-31-19-12-13-24(21(16-19)32-15-11-9-7-2)33-26(27)25-22(29-4)17-20(28-3)18-23(25)30-5;;/h12-13,16-18,33H,6-11,14-15H2,1-5H3;;/q;+1;-1. The molecule has 0 bridgehead atoms. The summed E-state index contributed by atoms with van der Waals surface area (Å²) in [6, 6.07) is 9.10. The summed E-state index contributed by atoms with van der Waals surface area (Å²) < 4.78 is 28.2. The van der Waals surface area contributed by atoms with Crippen LogP contribution in [0.3, 0.4) is 0 Å². The Morgan fingerprint density at radius 2 is 1.32 bits per heavy atom. The van der Waals surface area contributed by atoms with Gasteiger partial charge in [0.05, 0.1) is 34.5 Å². The summed E-state index contributed by atoms with van der Waals surface area (Å²) in [6.07, 6.45) is 6.49. The predicted octanol–water partition coefficient (Wildman–Crippen LogP) is 3.11. The van der Waals surface area contributed by atoms with Gasteiger partial charge in [-0.25, -0.2) is 0 Å². The minimum Gasteiger partial charge on any atom is -1.00 e. The third kappa shape index (κ3) is 9.06. The molecule has 0 fully saturated rings. The number of unbranched alkanes of at least 4 members (excludes halogenated alkanes) is 4. The first-order chi connectivity index (χ1) is 16.1. The molecule has 2 aromatic carbocycles. The van der Waals surface area contributed by atoms with Gasteiger partial charge < -0.3 is 25.1 Å². The van der Waals surface area contributed by atoms with Gasteiger partial charge in [-0.3, -0.25) is 4.79 Å². The Labute approximate surface area is 219 Å². The summed E-state index contributed by atoms with van der Waals surface area (Å²) in [5.41, 5.74) is 0.303. The van der Waals surface area contributed by atoms with Crippen LogP contribution in [-0.4, -0.2) is 40.1 Å². The number of hydrogen-bond acceptors (Lipinski definition) is 6. The van der Waals surface area contributed by atoms with Gasteiger partial charge in [0, 0.05) is 23.5 Å². The number of methoxy groups -OCH3 is 3. The smallest absolute Gasteiger partial charge is 1.00 e. The molecule has 0 saturated heterocycles. The van der Waals surface area contributed by atoms with Gasteiger partial charge in [-0.15, -0.1) is 0 Å². The Hall–Kier alpha value is -1.86. The zero-order chi connectivity index (χ0) is 24.1. The Balaban J connectivity index is 0.00000578. The van der Waals surface area contributed by atoms with Gasteiger partial charge in [0.2, 0.25) is 0 Å². The molecule has 34 heavy (non-hydrogen) atoms. The number of benzene rings is 2. The van der Waals surface area contributed by atoms with Crippen molar-refractivity contribution in [3.8, 4) is 28.7 Å². The van der Waals surface area contributed by atoms with E-state index in [1.807, 2.05) is 18.2 Å². The fourth-order valence-corrected chi connectivity index (χ4v) is 4.36. The van der Waals surface area contributed by atoms with E-state index >= 15 is 0 Å². The molecule has 0 aliphatic rings. The molecule has 1 atom stereocenters. The summed E-state index contributed by atoms with van der Waals surface area (Å²) >= 11 is 0. The van der Waals surface area contributed by atoms with E-state index < -0.39 is 0 Å². The third-order valence-electron chi connectivity index (χ3n) is 5.17. The van der Waals surface area contributed by atoms with Crippen molar-refractivity contribution in [3.63, 3.8) is 0 Å². The van der Waals surface area contributed by atoms with Crippen LogP contribution in [0.15, 0.2) is 30.3 Å². The Morgan fingerprint density at radius 1 is 0.765 bits per heavy atom. The molecular weight excluding hydrogens is 446 g/mol. The molecule has 1 unspecified atom stereocenters. The number of carbonyl (C=O) groups is 1. The van der Waals surface area contributed by atoms with Crippen LogP contribution in [-0.2, 0) is 0 Å². The second kappa shape index (κ2) is 16.7. The van der Waals surface area contributed by atoms with Gasteiger partial charge in [0.15, 0.2) is 5.52 Å². The molecule has 0 amide bonds. The first kappa shape index (κ1) is 30.2. The molecule has 0 aliphatic heterocycles. The van der Waals surface area contributed by atoms with E-state index in [1.165, 1.54) is 14.2 Å². The maximum atomic E-state index is 13.4. The molecule has 0 spiro atoms. The van der Waals surface area contributed by atoms with E-state index in [0.717, 1.165) is 49.6 Å². The molecule has 184 valence electrons. The monoisotopic (exact) mass is 484 g/mol. The maximum Gasteiger partial charge on any atom is 1.00 e. The topological polar surface area (TPSA) is 63.2 Å². The number of carbonyl (C=O) groups excluding carboxylic acids is 1. The van der Waals surface area contributed by atoms with Crippen molar-refractivity contribution in [1.29, 1.82) is 0 Å². The van der Waals surface area contributed by atoms with Crippen LogP contribution in [0, 0.1) is 0 Å². The van der Waals surface area contributed by atoms with E-state index in [9.17, 15) is 4.79 Å². The van der Waals surface area contributed by atoms with Crippen LogP contribution in [0.25, 0.3) is 0 Å². The molecule has 0 aromatic heterocycles. The van der Waals surface area contributed by atoms with Crippen LogP contribution >= 0.6 is 8.58 Å². The van der Waals surface area contributed by atoms with Gasteiger partial charge in [-0.1, -0.05) is 39.5 Å². The Kier molecular flexibility index (Phi) is 14.8. The number of hydrogen-bond donors (Lipinski definition) is 0. The maximum absolute atomic E-state index is 13.4. The van der Waals surface area contributed by atoms with Crippen molar-refractivity contribution < 1.29 is 48.8 Å². The Bertz CT molecular complexity index is 871. The first-order valence-corrected chi connectivity index (χ1v) is 12.6. The molecule has 0 radical (unpaired) electrons. The Morgan fingerprint density at radius 3 is 1.85 bits per heavy atom. The van der Waals surface area contributed by atoms with Crippen molar-refractivity contribution >= 4 is 19.4 Å². The largest absolute Gasteiger partial charge is 1.00 e. The van der Waals surface area contributed by atoms with E-state index in [-0.39, 0.29) is 34.4 Å². The molecular formula is C26H38LiO6P. The summed E-state index contributed by atoms with van der Waals surface area (Å²) in [7, 11) is 4.46. The molecule has 8 heteroatoms. The second-order valence-corrected chi connectivity index (χ2v) is 8.87. The average molecular weight is 484 g/mol. The zero-order valence-corrected chi connectivity index (χ0v) is 22.5. The summed E-state index contributed by atoms with van der Waals surface area (Å²) in [6.45, 7) is 5.60. The average Bonchev–Trinajstić information content (AvgIpc) is 2.84. The van der Waals surface area contributed by atoms with E-state index in [0.29, 0.717) is 41.8 Å². The van der Waals surface area contributed by atoms with Gasteiger partial charge in [0.1, 0.15) is 34.3 Å². The molecule has 0 heterocycles. The number of rotatable bonds is 16. The minimum absolute atomic E-state index is 0.